The lowest BCUT2D eigenvalue weighted by Gasteiger charge is -2.42. The van der Waals surface area contributed by atoms with Gasteiger partial charge in [-0.25, -0.2) is 0 Å². The van der Waals surface area contributed by atoms with Crippen LogP contribution in [0.2, 0.25) is 0 Å². The van der Waals surface area contributed by atoms with Crippen molar-refractivity contribution >= 4 is 0 Å². The van der Waals surface area contributed by atoms with Crippen LogP contribution in [0, 0.1) is 5.41 Å². The second-order valence-corrected chi connectivity index (χ2v) is 9.17. The second kappa shape index (κ2) is 8.25. The Labute approximate surface area is 155 Å². The molecule has 1 heteroatoms. The highest BCUT2D eigenvalue weighted by molar-refractivity contribution is 5.25. The van der Waals surface area contributed by atoms with Gasteiger partial charge in [0.2, 0.25) is 0 Å². The summed E-state index contributed by atoms with van der Waals surface area (Å²) in [6, 6.07) is 12.9. The quantitative estimate of drug-likeness (QED) is 0.655. The summed E-state index contributed by atoms with van der Waals surface area (Å²) in [6.07, 6.45) is 20.3. The lowest BCUT2D eigenvalue weighted by atomic mass is 9.70. The summed E-state index contributed by atoms with van der Waals surface area (Å²) in [4.78, 5) is 0. The molecule has 0 amide bonds. The van der Waals surface area contributed by atoms with Crippen LogP contribution >= 0.6 is 0 Å². The fourth-order valence-electron chi connectivity index (χ4n) is 6.24. The molecule has 0 unspecified atom stereocenters. The van der Waals surface area contributed by atoms with Crippen molar-refractivity contribution in [2.45, 2.75) is 108 Å². The van der Waals surface area contributed by atoms with Gasteiger partial charge in [0.15, 0.2) is 0 Å². The van der Waals surface area contributed by atoms with Crippen LogP contribution < -0.4 is 5.32 Å². The normalized spacial score (nSPS) is 30.9. The highest BCUT2D eigenvalue weighted by Crippen LogP contribution is 2.53. The molecule has 25 heavy (non-hydrogen) atoms. The van der Waals surface area contributed by atoms with Crippen molar-refractivity contribution in [3.05, 3.63) is 35.9 Å². The Morgan fingerprint density at radius 3 is 2.04 bits per heavy atom. The van der Waals surface area contributed by atoms with Crippen molar-refractivity contribution in [1.29, 1.82) is 0 Å². The number of hydrogen-bond donors (Lipinski definition) is 1. The predicted octanol–water partition coefficient (Wildman–Crippen LogP) is 6.59. The fraction of sp³-hybridized carbons (Fsp3) is 0.750. The molecule has 0 heterocycles. The molecule has 3 aliphatic carbocycles. The van der Waals surface area contributed by atoms with E-state index in [4.69, 9.17) is 0 Å². The van der Waals surface area contributed by atoms with Gasteiger partial charge in [-0.3, -0.25) is 0 Å². The van der Waals surface area contributed by atoms with Gasteiger partial charge in [0.1, 0.15) is 0 Å². The smallest absolute Gasteiger partial charge is 0.0195 e. The van der Waals surface area contributed by atoms with Crippen LogP contribution in [-0.2, 0) is 0 Å². The molecule has 3 aliphatic rings. The third kappa shape index (κ3) is 3.97. The SMILES string of the molecule is c1ccc([C@@H]2CCC3(CCCCCCC3)[C@H]2NC2CCCCC2)cc1. The lowest BCUT2D eigenvalue weighted by Crippen LogP contribution is -2.49. The molecule has 0 aliphatic heterocycles. The third-order valence-electron chi connectivity index (χ3n) is 7.61. The van der Waals surface area contributed by atoms with Crippen molar-refractivity contribution < 1.29 is 0 Å². The van der Waals surface area contributed by atoms with Crippen LogP contribution in [0.4, 0.5) is 0 Å². The molecular formula is C24H37N. The molecule has 4 rings (SSSR count). The Morgan fingerprint density at radius 1 is 0.680 bits per heavy atom. The van der Waals surface area contributed by atoms with E-state index in [0.29, 0.717) is 5.41 Å². The molecular weight excluding hydrogens is 302 g/mol. The van der Waals surface area contributed by atoms with Gasteiger partial charge in [0.25, 0.3) is 0 Å². The van der Waals surface area contributed by atoms with Gasteiger partial charge in [-0.15, -0.1) is 0 Å². The minimum Gasteiger partial charge on any atom is -0.310 e. The molecule has 138 valence electrons. The average Bonchev–Trinajstić information content (AvgIpc) is 2.99. The van der Waals surface area contributed by atoms with E-state index >= 15 is 0 Å². The highest BCUT2D eigenvalue weighted by atomic mass is 15.0. The summed E-state index contributed by atoms with van der Waals surface area (Å²) in [5.74, 6) is 0.738. The van der Waals surface area contributed by atoms with E-state index in [1.165, 1.54) is 89.9 Å². The number of nitrogens with one attached hydrogen (secondary N) is 1. The Kier molecular flexibility index (Phi) is 5.80. The molecule has 3 fully saturated rings. The minimum atomic E-state index is 0.582. The Morgan fingerprint density at radius 2 is 1.32 bits per heavy atom. The Balaban J connectivity index is 1.58. The van der Waals surface area contributed by atoms with Crippen LogP contribution in [0.5, 0.6) is 0 Å². The van der Waals surface area contributed by atoms with Crippen molar-refractivity contribution in [3.8, 4) is 0 Å². The van der Waals surface area contributed by atoms with Crippen molar-refractivity contribution in [3.63, 3.8) is 0 Å². The van der Waals surface area contributed by atoms with Crippen LogP contribution in [-0.4, -0.2) is 12.1 Å². The molecule has 1 N–H and O–H groups in total. The van der Waals surface area contributed by atoms with E-state index in [1.54, 1.807) is 5.56 Å². The van der Waals surface area contributed by atoms with E-state index in [9.17, 15) is 0 Å². The standard InChI is InChI=1S/C24H37N/c1-2-10-17-24(18-11-3-1)19-16-22(20-12-6-4-7-13-20)23(24)25-21-14-8-5-9-15-21/h4,6-7,12-13,21-23,25H,1-3,5,8-11,14-19H2/t22-,23-/m0/s1. The van der Waals surface area contributed by atoms with Gasteiger partial charge in [0.05, 0.1) is 0 Å². The summed E-state index contributed by atoms with van der Waals surface area (Å²) >= 11 is 0. The van der Waals surface area contributed by atoms with E-state index in [2.05, 4.69) is 35.6 Å². The van der Waals surface area contributed by atoms with Crippen molar-refractivity contribution in [1.82, 2.24) is 5.32 Å². The molecule has 1 spiro atoms. The zero-order valence-electron chi connectivity index (χ0n) is 16.0. The molecule has 0 bridgehead atoms. The zero-order chi connectivity index (χ0) is 17.0. The van der Waals surface area contributed by atoms with Crippen LogP contribution in [0.15, 0.2) is 30.3 Å². The Hall–Kier alpha value is -0.820. The van der Waals surface area contributed by atoms with Crippen molar-refractivity contribution in [2.75, 3.05) is 0 Å². The summed E-state index contributed by atoms with van der Waals surface area (Å²) in [7, 11) is 0. The number of benzene rings is 1. The van der Waals surface area contributed by atoms with Gasteiger partial charge in [-0.2, -0.15) is 0 Å². The van der Waals surface area contributed by atoms with Crippen LogP contribution in [0.1, 0.15) is 101 Å². The van der Waals surface area contributed by atoms with Gasteiger partial charge >= 0.3 is 0 Å². The fourth-order valence-corrected chi connectivity index (χ4v) is 6.24. The first-order chi connectivity index (χ1) is 12.4. The maximum atomic E-state index is 4.28. The van der Waals surface area contributed by atoms with Crippen molar-refractivity contribution in [2.24, 2.45) is 5.41 Å². The molecule has 0 saturated heterocycles. The molecule has 1 aromatic rings. The van der Waals surface area contributed by atoms with Crippen LogP contribution in [0.25, 0.3) is 0 Å². The molecule has 2 atom stereocenters. The molecule has 3 saturated carbocycles. The Bertz CT molecular complexity index is 508. The largest absolute Gasteiger partial charge is 0.310 e. The maximum absolute atomic E-state index is 4.28. The maximum Gasteiger partial charge on any atom is 0.0195 e. The van der Waals surface area contributed by atoms with Gasteiger partial charge in [-0.05, 0) is 55.4 Å². The first kappa shape index (κ1) is 17.6. The monoisotopic (exact) mass is 339 g/mol. The number of rotatable bonds is 3. The van der Waals surface area contributed by atoms with Gasteiger partial charge < -0.3 is 5.32 Å². The topological polar surface area (TPSA) is 12.0 Å². The third-order valence-corrected chi connectivity index (χ3v) is 7.61. The lowest BCUT2D eigenvalue weighted by molar-refractivity contribution is 0.143. The zero-order valence-corrected chi connectivity index (χ0v) is 16.0. The summed E-state index contributed by atoms with van der Waals surface area (Å²) in [5, 5.41) is 4.28. The van der Waals surface area contributed by atoms with Crippen LogP contribution in [0.3, 0.4) is 0 Å². The summed E-state index contributed by atoms with van der Waals surface area (Å²) in [5.41, 5.74) is 2.17. The van der Waals surface area contributed by atoms with Gasteiger partial charge in [0, 0.05) is 12.1 Å². The molecule has 1 aromatic carbocycles. The van der Waals surface area contributed by atoms with Gasteiger partial charge in [-0.1, -0.05) is 81.7 Å². The number of hydrogen-bond acceptors (Lipinski definition) is 1. The van der Waals surface area contributed by atoms with E-state index in [0.717, 1.165) is 18.0 Å². The molecule has 0 aromatic heterocycles. The first-order valence-corrected chi connectivity index (χ1v) is 11.2. The first-order valence-electron chi connectivity index (χ1n) is 11.2. The average molecular weight is 340 g/mol. The molecule has 1 nitrogen and oxygen atoms in total. The molecule has 0 radical (unpaired) electrons. The predicted molar refractivity (Wildman–Crippen MR) is 107 cm³/mol. The van der Waals surface area contributed by atoms with E-state index < -0.39 is 0 Å². The van der Waals surface area contributed by atoms with E-state index in [1.807, 2.05) is 0 Å². The highest BCUT2D eigenvalue weighted by Gasteiger charge is 2.48. The summed E-state index contributed by atoms with van der Waals surface area (Å²) in [6.45, 7) is 0. The summed E-state index contributed by atoms with van der Waals surface area (Å²) < 4.78 is 0. The second-order valence-electron chi connectivity index (χ2n) is 9.17. The minimum absolute atomic E-state index is 0.582. The van der Waals surface area contributed by atoms with E-state index in [-0.39, 0.29) is 0 Å².